The maximum Gasteiger partial charge on any atom is 0.240 e. The summed E-state index contributed by atoms with van der Waals surface area (Å²) in [5.74, 6) is 0. The Kier molecular flexibility index (Phi) is 5.75. The second kappa shape index (κ2) is 7.35. The van der Waals surface area contributed by atoms with Crippen LogP contribution in [0.25, 0.3) is 0 Å². The first-order valence-electron chi connectivity index (χ1n) is 7.40. The Bertz CT molecular complexity index is 568. The van der Waals surface area contributed by atoms with Crippen molar-refractivity contribution in [3.8, 4) is 0 Å². The van der Waals surface area contributed by atoms with Crippen LogP contribution < -0.4 is 10.0 Å². The standard InChI is InChI=1S/C15H24N2O3S/c1-3-12-4-7-15(21(18,19)17-8-9-20-2)10-13(12)11-16-14-5-6-14/h4,7,10,14,16-17H,3,5-6,8-9,11H2,1-2H3. The first-order valence-corrected chi connectivity index (χ1v) is 8.89. The van der Waals surface area contributed by atoms with Gasteiger partial charge in [-0.05, 0) is 42.5 Å². The third-order valence-electron chi connectivity index (χ3n) is 3.63. The van der Waals surface area contributed by atoms with Gasteiger partial charge in [0.25, 0.3) is 0 Å². The van der Waals surface area contributed by atoms with Gasteiger partial charge in [0.2, 0.25) is 10.0 Å². The van der Waals surface area contributed by atoms with Gasteiger partial charge in [-0.15, -0.1) is 0 Å². The molecule has 0 spiro atoms. The molecule has 0 amide bonds. The van der Waals surface area contributed by atoms with Gasteiger partial charge in [-0.25, -0.2) is 13.1 Å². The van der Waals surface area contributed by atoms with Gasteiger partial charge >= 0.3 is 0 Å². The Morgan fingerprint density at radius 2 is 2.05 bits per heavy atom. The maximum absolute atomic E-state index is 12.2. The summed E-state index contributed by atoms with van der Waals surface area (Å²) in [6.45, 7) is 3.46. The third-order valence-corrected chi connectivity index (χ3v) is 5.08. The fourth-order valence-electron chi connectivity index (χ4n) is 2.18. The molecule has 118 valence electrons. The van der Waals surface area contributed by atoms with Crippen molar-refractivity contribution in [2.75, 3.05) is 20.3 Å². The van der Waals surface area contributed by atoms with Crippen LogP contribution in [-0.2, 0) is 27.7 Å². The fourth-order valence-corrected chi connectivity index (χ4v) is 3.25. The molecule has 0 radical (unpaired) electrons. The summed E-state index contributed by atoms with van der Waals surface area (Å²) in [5.41, 5.74) is 2.26. The minimum absolute atomic E-state index is 0.282. The highest BCUT2D eigenvalue weighted by Gasteiger charge is 2.21. The van der Waals surface area contributed by atoms with Crippen LogP contribution in [0.1, 0.15) is 30.9 Å². The smallest absolute Gasteiger partial charge is 0.240 e. The van der Waals surface area contributed by atoms with Crippen molar-refractivity contribution in [3.63, 3.8) is 0 Å². The number of methoxy groups -OCH3 is 1. The molecule has 0 aliphatic heterocycles. The van der Waals surface area contributed by atoms with E-state index >= 15 is 0 Å². The highest BCUT2D eigenvalue weighted by atomic mass is 32.2. The van der Waals surface area contributed by atoms with Crippen LogP contribution in [0.3, 0.4) is 0 Å². The molecular formula is C15H24N2O3S. The Morgan fingerprint density at radius 1 is 1.29 bits per heavy atom. The van der Waals surface area contributed by atoms with E-state index in [1.165, 1.54) is 18.4 Å². The number of hydrogen-bond donors (Lipinski definition) is 2. The predicted octanol–water partition coefficient (Wildman–Crippen LogP) is 1.43. The highest BCUT2D eigenvalue weighted by Crippen LogP contribution is 2.21. The van der Waals surface area contributed by atoms with Crippen molar-refractivity contribution < 1.29 is 13.2 Å². The van der Waals surface area contributed by atoms with E-state index in [0.29, 0.717) is 17.5 Å². The Labute approximate surface area is 127 Å². The molecule has 1 aromatic carbocycles. The van der Waals surface area contributed by atoms with Gasteiger partial charge in [-0.3, -0.25) is 0 Å². The molecular weight excluding hydrogens is 288 g/mol. The normalized spacial score (nSPS) is 15.3. The zero-order valence-corrected chi connectivity index (χ0v) is 13.5. The van der Waals surface area contributed by atoms with Crippen LogP contribution in [0.4, 0.5) is 0 Å². The summed E-state index contributed by atoms with van der Waals surface area (Å²) in [7, 11) is -1.91. The number of hydrogen-bond acceptors (Lipinski definition) is 4. The third kappa shape index (κ3) is 4.78. The summed E-state index contributed by atoms with van der Waals surface area (Å²) >= 11 is 0. The average molecular weight is 312 g/mol. The van der Waals surface area contributed by atoms with Gasteiger partial charge in [-0.2, -0.15) is 0 Å². The van der Waals surface area contributed by atoms with Crippen molar-refractivity contribution >= 4 is 10.0 Å². The van der Waals surface area contributed by atoms with Crippen molar-refractivity contribution in [3.05, 3.63) is 29.3 Å². The van der Waals surface area contributed by atoms with Crippen LogP contribution >= 0.6 is 0 Å². The molecule has 0 saturated heterocycles. The van der Waals surface area contributed by atoms with Gasteiger partial charge in [0.1, 0.15) is 0 Å². The van der Waals surface area contributed by atoms with E-state index < -0.39 is 10.0 Å². The van der Waals surface area contributed by atoms with Gasteiger partial charge in [0.15, 0.2) is 0 Å². The number of benzene rings is 1. The number of ether oxygens (including phenoxy) is 1. The zero-order chi connectivity index (χ0) is 15.3. The lowest BCUT2D eigenvalue weighted by atomic mass is 10.1. The molecule has 1 aliphatic carbocycles. The minimum atomic E-state index is -3.46. The lowest BCUT2D eigenvalue weighted by molar-refractivity contribution is 0.204. The monoisotopic (exact) mass is 312 g/mol. The first kappa shape index (κ1) is 16.4. The average Bonchev–Trinajstić information content (AvgIpc) is 3.29. The Morgan fingerprint density at radius 3 is 2.67 bits per heavy atom. The second-order valence-corrected chi connectivity index (χ2v) is 7.10. The van der Waals surface area contributed by atoms with Gasteiger partial charge in [0, 0.05) is 26.2 Å². The van der Waals surface area contributed by atoms with E-state index in [9.17, 15) is 8.42 Å². The van der Waals surface area contributed by atoms with Crippen molar-refractivity contribution in [2.24, 2.45) is 0 Å². The van der Waals surface area contributed by atoms with Crippen LogP contribution in [0.15, 0.2) is 23.1 Å². The summed E-state index contributed by atoms with van der Waals surface area (Å²) in [5, 5.41) is 3.44. The summed E-state index contributed by atoms with van der Waals surface area (Å²) < 4.78 is 31.9. The molecule has 0 heterocycles. The molecule has 1 aromatic rings. The molecule has 1 saturated carbocycles. The predicted molar refractivity (Wildman–Crippen MR) is 82.7 cm³/mol. The lowest BCUT2D eigenvalue weighted by Gasteiger charge is -2.12. The molecule has 2 N–H and O–H groups in total. The SMILES string of the molecule is CCc1ccc(S(=O)(=O)NCCOC)cc1CNC1CC1. The van der Waals surface area contributed by atoms with Crippen LogP contribution in [0.2, 0.25) is 0 Å². The van der Waals surface area contributed by atoms with Gasteiger partial charge in [0.05, 0.1) is 11.5 Å². The van der Waals surface area contributed by atoms with E-state index in [-0.39, 0.29) is 6.54 Å². The van der Waals surface area contributed by atoms with Gasteiger partial charge in [-0.1, -0.05) is 13.0 Å². The molecule has 0 unspecified atom stereocenters. The maximum atomic E-state index is 12.2. The molecule has 0 atom stereocenters. The summed E-state index contributed by atoms with van der Waals surface area (Å²) in [4.78, 5) is 0.323. The van der Waals surface area contributed by atoms with Crippen molar-refractivity contribution in [1.82, 2.24) is 10.0 Å². The first-order chi connectivity index (χ1) is 10.1. The molecule has 0 aromatic heterocycles. The van der Waals surface area contributed by atoms with Crippen LogP contribution in [-0.4, -0.2) is 34.7 Å². The summed E-state index contributed by atoms with van der Waals surface area (Å²) in [6, 6.07) is 5.97. The number of aryl methyl sites for hydroxylation is 1. The van der Waals surface area contributed by atoms with Crippen LogP contribution in [0, 0.1) is 0 Å². The minimum Gasteiger partial charge on any atom is -0.383 e. The highest BCUT2D eigenvalue weighted by molar-refractivity contribution is 7.89. The largest absolute Gasteiger partial charge is 0.383 e. The molecule has 5 nitrogen and oxygen atoms in total. The molecule has 2 rings (SSSR count). The van der Waals surface area contributed by atoms with E-state index in [2.05, 4.69) is 17.0 Å². The summed E-state index contributed by atoms with van der Waals surface area (Å²) in [6.07, 6.45) is 3.34. The fraction of sp³-hybridized carbons (Fsp3) is 0.600. The number of rotatable bonds is 9. The van der Waals surface area contributed by atoms with E-state index in [1.807, 2.05) is 6.07 Å². The van der Waals surface area contributed by atoms with E-state index in [1.54, 1.807) is 19.2 Å². The van der Waals surface area contributed by atoms with Crippen LogP contribution in [0.5, 0.6) is 0 Å². The van der Waals surface area contributed by atoms with E-state index in [4.69, 9.17) is 4.74 Å². The van der Waals surface area contributed by atoms with Crippen molar-refractivity contribution in [2.45, 2.75) is 43.7 Å². The molecule has 1 aliphatic rings. The molecule has 21 heavy (non-hydrogen) atoms. The van der Waals surface area contributed by atoms with Crippen molar-refractivity contribution in [1.29, 1.82) is 0 Å². The number of sulfonamides is 1. The lowest BCUT2D eigenvalue weighted by Crippen LogP contribution is -2.27. The Hall–Kier alpha value is -0.950. The molecule has 6 heteroatoms. The Balaban J connectivity index is 2.12. The number of nitrogens with one attached hydrogen (secondary N) is 2. The zero-order valence-electron chi connectivity index (χ0n) is 12.7. The van der Waals surface area contributed by atoms with E-state index in [0.717, 1.165) is 18.5 Å². The molecule has 0 bridgehead atoms. The molecule has 1 fully saturated rings. The second-order valence-electron chi connectivity index (χ2n) is 5.33. The quantitative estimate of drug-likeness (QED) is 0.677. The topological polar surface area (TPSA) is 67.4 Å². The van der Waals surface area contributed by atoms with Gasteiger partial charge < -0.3 is 10.1 Å².